The molecule has 0 aliphatic heterocycles. The zero-order chi connectivity index (χ0) is 10.8. The van der Waals surface area contributed by atoms with Crippen LogP contribution in [0.4, 0.5) is 0 Å². The van der Waals surface area contributed by atoms with E-state index in [1.165, 1.54) is 12.8 Å². The summed E-state index contributed by atoms with van der Waals surface area (Å²) in [7, 11) is 0. The largest absolute Gasteiger partial charge is 0.304 e. The van der Waals surface area contributed by atoms with Gasteiger partial charge in [-0.3, -0.25) is 8.37 Å². The van der Waals surface area contributed by atoms with E-state index in [0.717, 1.165) is 12.8 Å². The lowest BCUT2D eigenvalue weighted by Gasteiger charge is -2.13. The predicted molar refractivity (Wildman–Crippen MR) is 59.0 cm³/mol. The third kappa shape index (κ3) is 7.47. The maximum Gasteiger partial charge on any atom is 0.304 e. The molecule has 0 heterocycles. The van der Waals surface area contributed by atoms with E-state index in [2.05, 4.69) is 13.8 Å². The number of hydrogen-bond acceptors (Lipinski definition) is 3. The third-order valence-electron chi connectivity index (χ3n) is 2.16. The number of unbranched alkanes of at least 4 members (excludes halogenated alkanes) is 1. The summed E-state index contributed by atoms with van der Waals surface area (Å²) in [5.74, 6) is 0.513. The first-order chi connectivity index (χ1) is 6.74. The molecule has 0 rings (SSSR count). The van der Waals surface area contributed by atoms with Gasteiger partial charge < -0.3 is 0 Å². The van der Waals surface area contributed by atoms with Crippen molar-refractivity contribution < 1.29 is 12.6 Å². The van der Waals surface area contributed by atoms with Crippen molar-refractivity contribution in [2.75, 3.05) is 13.2 Å². The van der Waals surface area contributed by atoms with Gasteiger partial charge in [0.2, 0.25) is 0 Å². The van der Waals surface area contributed by atoms with Crippen molar-refractivity contribution >= 4 is 11.4 Å². The molecule has 0 aromatic carbocycles. The Kier molecular flexibility index (Phi) is 9.67. The summed E-state index contributed by atoms with van der Waals surface area (Å²) in [6, 6.07) is 0. The minimum atomic E-state index is -1.55. The average Bonchev–Trinajstić information content (AvgIpc) is 2.19. The van der Waals surface area contributed by atoms with Crippen LogP contribution in [0.2, 0.25) is 0 Å². The normalized spacial score (nSPS) is 15.4. The van der Waals surface area contributed by atoms with Crippen LogP contribution in [0.1, 0.15) is 46.5 Å². The SMILES string of the molecule is CCCCC(CC)COS(=O)OCC. The van der Waals surface area contributed by atoms with Gasteiger partial charge in [0.15, 0.2) is 0 Å². The molecular formula is C10H22O3S. The van der Waals surface area contributed by atoms with Gasteiger partial charge in [0, 0.05) is 0 Å². The Labute approximate surface area is 90.0 Å². The maximum absolute atomic E-state index is 11.0. The van der Waals surface area contributed by atoms with E-state index in [9.17, 15) is 4.21 Å². The van der Waals surface area contributed by atoms with E-state index in [1.54, 1.807) is 6.92 Å². The lowest BCUT2D eigenvalue weighted by molar-refractivity contribution is 0.211. The molecule has 86 valence electrons. The first-order valence-electron chi connectivity index (χ1n) is 5.42. The van der Waals surface area contributed by atoms with Gasteiger partial charge in [-0.1, -0.05) is 33.1 Å². The Hall–Kier alpha value is 0.0700. The Balaban J connectivity index is 3.55. The molecule has 4 heteroatoms. The van der Waals surface area contributed by atoms with E-state index in [0.29, 0.717) is 19.1 Å². The van der Waals surface area contributed by atoms with Gasteiger partial charge in [0.25, 0.3) is 0 Å². The first-order valence-corrected chi connectivity index (χ1v) is 6.42. The van der Waals surface area contributed by atoms with E-state index >= 15 is 0 Å². The van der Waals surface area contributed by atoms with Crippen LogP contribution in [0.3, 0.4) is 0 Å². The van der Waals surface area contributed by atoms with Crippen molar-refractivity contribution in [3.8, 4) is 0 Å². The summed E-state index contributed by atoms with van der Waals surface area (Å²) in [5.41, 5.74) is 0. The molecular weight excluding hydrogens is 200 g/mol. The molecule has 2 atom stereocenters. The summed E-state index contributed by atoms with van der Waals surface area (Å²) < 4.78 is 20.9. The van der Waals surface area contributed by atoms with E-state index in [-0.39, 0.29) is 0 Å². The van der Waals surface area contributed by atoms with Crippen LogP contribution in [-0.4, -0.2) is 17.4 Å². The van der Waals surface area contributed by atoms with E-state index in [4.69, 9.17) is 8.37 Å². The van der Waals surface area contributed by atoms with Gasteiger partial charge in [-0.15, -0.1) is 0 Å². The summed E-state index contributed by atoms with van der Waals surface area (Å²) in [6.45, 7) is 7.08. The Morgan fingerprint density at radius 1 is 1.21 bits per heavy atom. The van der Waals surface area contributed by atoms with Crippen LogP contribution in [0.5, 0.6) is 0 Å². The Bertz CT molecular complexity index is 150. The molecule has 0 spiro atoms. The van der Waals surface area contributed by atoms with Crippen LogP contribution in [0.15, 0.2) is 0 Å². The topological polar surface area (TPSA) is 35.5 Å². The molecule has 0 aliphatic carbocycles. The highest BCUT2D eigenvalue weighted by Gasteiger charge is 2.08. The van der Waals surface area contributed by atoms with Crippen LogP contribution in [0, 0.1) is 5.92 Å². The standard InChI is InChI=1S/C10H22O3S/c1-4-7-8-10(5-2)9-13-14(11)12-6-3/h10H,4-9H2,1-3H3. The Morgan fingerprint density at radius 2 is 1.93 bits per heavy atom. The second-order valence-electron chi connectivity index (χ2n) is 3.31. The summed E-state index contributed by atoms with van der Waals surface area (Å²) in [4.78, 5) is 0. The van der Waals surface area contributed by atoms with Crippen molar-refractivity contribution in [1.29, 1.82) is 0 Å². The molecule has 0 saturated carbocycles. The molecule has 2 unspecified atom stereocenters. The second-order valence-corrected chi connectivity index (χ2v) is 4.19. The minimum Gasteiger partial charge on any atom is -0.269 e. The molecule has 0 aliphatic rings. The fourth-order valence-corrected chi connectivity index (χ4v) is 1.74. The minimum absolute atomic E-state index is 0.429. The summed E-state index contributed by atoms with van der Waals surface area (Å²) >= 11 is -1.55. The second kappa shape index (κ2) is 9.62. The molecule has 0 aromatic rings. The first kappa shape index (κ1) is 14.1. The molecule has 0 amide bonds. The zero-order valence-corrected chi connectivity index (χ0v) is 10.3. The highest BCUT2D eigenvalue weighted by molar-refractivity contribution is 7.75. The van der Waals surface area contributed by atoms with E-state index in [1.807, 2.05) is 0 Å². The highest BCUT2D eigenvalue weighted by Crippen LogP contribution is 2.13. The van der Waals surface area contributed by atoms with Gasteiger partial charge in [-0.2, -0.15) is 4.21 Å². The molecule has 0 fully saturated rings. The van der Waals surface area contributed by atoms with E-state index < -0.39 is 11.4 Å². The van der Waals surface area contributed by atoms with Gasteiger partial charge in [0.05, 0.1) is 13.2 Å². The fraction of sp³-hybridized carbons (Fsp3) is 1.00. The summed E-state index contributed by atoms with van der Waals surface area (Å²) in [5, 5.41) is 0. The van der Waals surface area contributed by atoms with Gasteiger partial charge in [0.1, 0.15) is 0 Å². The number of hydrogen-bond donors (Lipinski definition) is 0. The molecule has 0 N–H and O–H groups in total. The highest BCUT2D eigenvalue weighted by atomic mass is 32.2. The quantitative estimate of drug-likeness (QED) is 0.602. The number of rotatable bonds is 9. The maximum atomic E-state index is 11.0. The molecule has 3 nitrogen and oxygen atoms in total. The average molecular weight is 222 g/mol. The van der Waals surface area contributed by atoms with Crippen molar-refractivity contribution in [2.45, 2.75) is 46.5 Å². The molecule has 0 radical (unpaired) electrons. The fourth-order valence-electron chi connectivity index (χ4n) is 1.18. The van der Waals surface area contributed by atoms with Crippen LogP contribution < -0.4 is 0 Å². The van der Waals surface area contributed by atoms with Crippen LogP contribution in [-0.2, 0) is 19.7 Å². The lowest BCUT2D eigenvalue weighted by atomic mass is 10.0. The summed E-state index contributed by atoms with van der Waals surface area (Å²) in [6.07, 6.45) is 4.63. The smallest absolute Gasteiger partial charge is 0.269 e. The van der Waals surface area contributed by atoms with Crippen molar-refractivity contribution in [3.63, 3.8) is 0 Å². The Morgan fingerprint density at radius 3 is 2.43 bits per heavy atom. The van der Waals surface area contributed by atoms with Crippen LogP contribution >= 0.6 is 0 Å². The van der Waals surface area contributed by atoms with Gasteiger partial charge >= 0.3 is 11.4 Å². The van der Waals surface area contributed by atoms with Crippen molar-refractivity contribution in [1.82, 2.24) is 0 Å². The molecule has 0 aromatic heterocycles. The predicted octanol–water partition coefficient (Wildman–Crippen LogP) is 2.83. The van der Waals surface area contributed by atoms with Gasteiger partial charge in [-0.05, 0) is 19.3 Å². The van der Waals surface area contributed by atoms with Gasteiger partial charge in [-0.25, -0.2) is 0 Å². The third-order valence-corrected chi connectivity index (χ3v) is 2.91. The van der Waals surface area contributed by atoms with Crippen LogP contribution in [0.25, 0.3) is 0 Å². The van der Waals surface area contributed by atoms with Crippen molar-refractivity contribution in [3.05, 3.63) is 0 Å². The molecule has 14 heavy (non-hydrogen) atoms. The molecule has 0 bridgehead atoms. The van der Waals surface area contributed by atoms with Crippen molar-refractivity contribution in [2.24, 2.45) is 5.92 Å². The zero-order valence-electron chi connectivity index (χ0n) is 9.45. The molecule has 0 saturated heterocycles. The lowest BCUT2D eigenvalue weighted by Crippen LogP contribution is -2.11. The monoisotopic (exact) mass is 222 g/mol.